The van der Waals surface area contributed by atoms with Crippen molar-refractivity contribution in [1.82, 2.24) is 0 Å². The van der Waals surface area contributed by atoms with Crippen molar-refractivity contribution < 1.29 is 63.8 Å². The van der Waals surface area contributed by atoms with Gasteiger partial charge in [0.05, 0.1) is 34.1 Å². The Bertz CT molecular complexity index is 2910. The van der Waals surface area contributed by atoms with E-state index in [0.29, 0.717) is 5.69 Å². The minimum absolute atomic E-state index is 0. The fraction of sp³-hybridized carbons (Fsp3) is 0.0769. The van der Waals surface area contributed by atoms with E-state index in [0.717, 1.165) is 28.8 Å². The van der Waals surface area contributed by atoms with Gasteiger partial charge in [-0.25, -0.2) is 0 Å². The van der Waals surface area contributed by atoms with E-state index in [9.17, 15) is 16.8 Å². The quantitative estimate of drug-likeness (QED) is 0.0541. The SMILES string of the molecule is C.C.C.Nc1ccc(N=Nc2ccccc2)cc1.Nc1ccc(N=Nc2ccccc2)cc1S(=O)(=O)O.Nc1ccccc1.Nc1ccccc1S(=O)(=O)O.O=S(=O)=O.O=S(=O)=O.O=S(=O)=O. The third-order valence-electron chi connectivity index (χ3n) is 6.24. The van der Waals surface area contributed by atoms with E-state index in [4.69, 9.17) is 69.9 Å². The monoisotopic (exact) mass is 1030 g/mol. The van der Waals surface area contributed by atoms with Crippen LogP contribution >= 0.6 is 0 Å². The number of hydrogen-bond acceptors (Lipinski definition) is 21. The second-order valence-electron chi connectivity index (χ2n) is 10.9. The normalized spacial score (nSPS) is 9.58. The minimum Gasteiger partial charge on any atom is -0.399 e. The fourth-order valence-electron chi connectivity index (χ4n) is 3.74. The highest BCUT2D eigenvalue weighted by molar-refractivity contribution is 7.86. The molecule has 10 N–H and O–H groups in total. The average molecular weight is 1030 g/mol. The van der Waals surface area contributed by atoms with Crippen LogP contribution in [0.2, 0.25) is 0 Å². The maximum absolute atomic E-state index is 11.1. The molecular weight excluding hydrogens is 981 g/mol. The smallest absolute Gasteiger partial charge is 0.399 e. The molecule has 364 valence electrons. The van der Waals surface area contributed by atoms with Crippen molar-refractivity contribution in [1.29, 1.82) is 0 Å². The number of nitrogens with zero attached hydrogens (tertiary/aromatic N) is 4. The molecule has 0 spiro atoms. The van der Waals surface area contributed by atoms with Crippen LogP contribution in [-0.4, -0.2) is 63.8 Å². The number of benzene rings is 6. The Balaban J connectivity index is -0.000000372. The zero-order valence-electron chi connectivity index (χ0n) is 32.4. The molecular formula is C39H48N8O15S5. The molecule has 0 atom stereocenters. The molecule has 0 saturated heterocycles. The Kier molecular flexibility index (Phi) is 35.2. The van der Waals surface area contributed by atoms with E-state index < -0.39 is 52.1 Å². The van der Waals surface area contributed by atoms with Crippen LogP contribution in [-0.2, 0) is 52.1 Å². The molecule has 67 heavy (non-hydrogen) atoms. The van der Waals surface area contributed by atoms with Crippen LogP contribution < -0.4 is 22.9 Å². The lowest BCUT2D eigenvalue weighted by Gasteiger charge is -2.02. The molecule has 6 aromatic carbocycles. The standard InChI is InChI=1S/C12H11N3O3S.C12H11N3.C6H7NO3S.C6H7N.3CH4.3O3S/c13-11-7-6-10(8-12(11)19(16,17)18)15-14-9-4-2-1-3-5-9;13-10-6-8-12(9-7-10)15-14-11-4-2-1-3-5-11;7-5-3-1-2-4-6(5)11(8,9)10;7-6-4-2-1-3-5-6;;;;3*1-4(2)3/h1-8H,13H2,(H,16,17,18);1-9H,13H2;1-4H,7H2,(H,8,9,10);1-5H,7H2;3*1H4;;;. The molecule has 0 bridgehead atoms. The van der Waals surface area contributed by atoms with Crippen molar-refractivity contribution in [3.8, 4) is 0 Å². The molecule has 0 saturated carbocycles. The molecule has 0 unspecified atom stereocenters. The van der Waals surface area contributed by atoms with E-state index >= 15 is 0 Å². The summed E-state index contributed by atoms with van der Waals surface area (Å²) in [4.78, 5) is -0.628. The van der Waals surface area contributed by atoms with E-state index in [-0.39, 0.29) is 49.1 Å². The first kappa shape index (κ1) is 66.0. The molecule has 0 amide bonds. The van der Waals surface area contributed by atoms with Gasteiger partial charge >= 0.3 is 31.8 Å². The van der Waals surface area contributed by atoms with Crippen molar-refractivity contribution >= 4 is 97.6 Å². The summed E-state index contributed by atoms with van der Waals surface area (Å²) >= 11 is 0. The summed E-state index contributed by atoms with van der Waals surface area (Å²) in [6.07, 6.45) is 0. The number of anilines is 4. The average Bonchev–Trinajstić information content (AvgIpc) is 3.21. The zero-order chi connectivity index (χ0) is 48.7. The highest BCUT2D eigenvalue weighted by atomic mass is 32.2. The molecule has 0 aliphatic heterocycles. The lowest BCUT2D eigenvalue weighted by Crippen LogP contribution is -2.02. The predicted octanol–water partition coefficient (Wildman–Crippen LogP) is 7.30. The third kappa shape index (κ3) is 35.4. The van der Waals surface area contributed by atoms with Crippen LogP contribution in [0.3, 0.4) is 0 Å². The second kappa shape index (κ2) is 35.7. The Hall–Kier alpha value is -7.60. The highest BCUT2D eigenvalue weighted by Crippen LogP contribution is 2.26. The van der Waals surface area contributed by atoms with Crippen molar-refractivity contribution in [3.63, 3.8) is 0 Å². The Morgan fingerprint density at radius 2 is 0.612 bits per heavy atom. The number of rotatable bonds is 6. The highest BCUT2D eigenvalue weighted by Gasteiger charge is 2.14. The molecule has 0 aliphatic carbocycles. The zero-order valence-corrected chi connectivity index (χ0v) is 36.4. The summed E-state index contributed by atoms with van der Waals surface area (Å²) in [6, 6.07) is 45.1. The first-order valence-electron chi connectivity index (χ1n) is 16.5. The minimum atomic E-state index is -4.37. The van der Waals surface area contributed by atoms with Crippen LogP contribution in [0.25, 0.3) is 0 Å². The fourth-order valence-corrected chi connectivity index (χ4v) is 4.99. The van der Waals surface area contributed by atoms with Gasteiger partial charge in [0.2, 0.25) is 0 Å². The third-order valence-corrected chi connectivity index (χ3v) is 8.08. The van der Waals surface area contributed by atoms with Gasteiger partial charge in [0.25, 0.3) is 20.2 Å². The maximum atomic E-state index is 11.1. The predicted molar refractivity (Wildman–Crippen MR) is 254 cm³/mol. The number of nitrogens with two attached hydrogens (primary N) is 4. The molecule has 6 rings (SSSR count). The van der Waals surface area contributed by atoms with Gasteiger partial charge in [-0.2, -0.15) is 37.3 Å². The van der Waals surface area contributed by atoms with Crippen LogP contribution in [0.15, 0.2) is 188 Å². The summed E-state index contributed by atoms with van der Waals surface area (Å²) < 4.78 is 137. The number of hydrogen-bond donors (Lipinski definition) is 6. The van der Waals surface area contributed by atoms with Crippen LogP contribution in [0.5, 0.6) is 0 Å². The number of nitrogen functional groups attached to an aromatic ring is 4. The molecule has 0 aromatic heterocycles. The molecule has 6 aromatic rings. The topological polar surface area (TPSA) is 416 Å². The van der Waals surface area contributed by atoms with Gasteiger partial charge in [-0.05, 0) is 91.0 Å². The largest absolute Gasteiger partial charge is 0.425 e. The van der Waals surface area contributed by atoms with Gasteiger partial charge in [-0.3, -0.25) is 9.11 Å². The maximum Gasteiger partial charge on any atom is 0.425 e. The van der Waals surface area contributed by atoms with Gasteiger partial charge in [-0.1, -0.05) is 89.0 Å². The number of azo groups is 2. The Labute approximate surface area is 392 Å². The van der Waals surface area contributed by atoms with Gasteiger partial charge in [-0.15, -0.1) is 37.9 Å². The van der Waals surface area contributed by atoms with Crippen LogP contribution in [0.4, 0.5) is 45.5 Å². The molecule has 0 aliphatic rings. The molecule has 0 heterocycles. The first-order valence-corrected chi connectivity index (χ1v) is 22.4. The van der Waals surface area contributed by atoms with Crippen molar-refractivity contribution in [2.75, 3.05) is 22.9 Å². The van der Waals surface area contributed by atoms with Gasteiger partial charge in [0, 0.05) is 11.4 Å². The van der Waals surface area contributed by atoms with E-state index in [1.807, 2.05) is 78.9 Å². The van der Waals surface area contributed by atoms with Gasteiger partial charge in [0.15, 0.2) is 0 Å². The summed E-state index contributed by atoms with van der Waals surface area (Å²) in [5.74, 6) is 0. The summed E-state index contributed by atoms with van der Waals surface area (Å²) in [5.41, 5.74) is 25.8. The van der Waals surface area contributed by atoms with Crippen LogP contribution in [0, 0.1) is 0 Å². The van der Waals surface area contributed by atoms with Gasteiger partial charge in [0.1, 0.15) is 9.79 Å². The van der Waals surface area contributed by atoms with Crippen LogP contribution in [0.1, 0.15) is 22.3 Å². The van der Waals surface area contributed by atoms with Crippen molar-refractivity contribution in [3.05, 3.63) is 158 Å². The van der Waals surface area contributed by atoms with Gasteiger partial charge < -0.3 is 22.9 Å². The molecule has 23 nitrogen and oxygen atoms in total. The first-order chi connectivity index (χ1) is 29.9. The van der Waals surface area contributed by atoms with E-state index in [1.165, 1.54) is 30.3 Å². The second-order valence-corrected chi connectivity index (χ2v) is 14.9. The molecule has 0 fully saturated rings. The summed E-state index contributed by atoms with van der Waals surface area (Å²) in [7, 11) is -17.9. The number of para-hydroxylation sites is 2. The summed E-state index contributed by atoms with van der Waals surface area (Å²) in [5, 5.41) is 16.0. The van der Waals surface area contributed by atoms with E-state index in [2.05, 4.69) is 20.5 Å². The molecule has 28 heteroatoms. The molecule has 0 radical (unpaired) electrons. The lowest BCUT2D eigenvalue weighted by atomic mass is 10.3. The summed E-state index contributed by atoms with van der Waals surface area (Å²) in [6.45, 7) is 0. The lowest BCUT2D eigenvalue weighted by molar-refractivity contribution is 0.481. The van der Waals surface area contributed by atoms with Crippen molar-refractivity contribution in [2.45, 2.75) is 32.1 Å². The van der Waals surface area contributed by atoms with Crippen molar-refractivity contribution in [2.24, 2.45) is 20.5 Å². The van der Waals surface area contributed by atoms with E-state index in [1.54, 1.807) is 42.5 Å². The Morgan fingerprint density at radius 3 is 0.925 bits per heavy atom. The Morgan fingerprint density at radius 1 is 0.343 bits per heavy atom.